The number of benzene rings is 2. The molecule has 0 atom stereocenters. The maximum Gasteiger partial charge on any atom is 0.263 e. The van der Waals surface area contributed by atoms with E-state index in [1.165, 1.54) is 62.7 Å². The standard InChI is InChI=1S/C26H35N3O2S2/c1-2-3-4-5-6-7-8-9-10-12-17-22-18-15-16-21-24(22)33(30,31)29-26-28-27-25(32-26)23-19-13-11-14-20-23/h11,13-16,18-21H,2-10,12,17H2,1H3,(H,28,29). The molecule has 0 aliphatic heterocycles. The van der Waals surface area contributed by atoms with Crippen molar-refractivity contribution in [3.63, 3.8) is 0 Å². The topological polar surface area (TPSA) is 72.0 Å². The highest BCUT2D eigenvalue weighted by molar-refractivity contribution is 7.93. The molecule has 178 valence electrons. The summed E-state index contributed by atoms with van der Waals surface area (Å²) in [6, 6.07) is 16.9. The molecule has 0 radical (unpaired) electrons. The normalized spacial score (nSPS) is 11.5. The summed E-state index contributed by atoms with van der Waals surface area (Å²) >= 11 is 1.24. The molecule has 7 heteroatoms. The van der Waals surface area contributed by atoms with Crippen LogP contribution in [0.25, 0.3) is 10.6 Å². The van der Waals surface area contributed by atoms with Gasteiger partial charge < -0.3 is 0 Å². The van der Waals surface area contributed by atoms with E-state index in [2.05, 4.69) is 21.8 Å². The molecule has 0 fully saturated rings. The summed E-state index contributed by atoms with van der Waals surface area (Å²) in [6.07, 6.45) is 13.4. The first-order valence-electron chi connectivity index (χ1n) is 12.1. The summed E-state index contributed by atoms with van der Waals surface area (Å²) in [5.41, 5.74) is 1.78. The number of hydrogen-bond acceptors (Lipinski definition) is 5. The zero-order chi connectivity index (χ0) is 23.4. The van der Waals surface area contributed by atoms with Crippen LogP contribution in [0.4, 0.5) is 5.13 Å². The van der Waals surface area contributed by atoms with Crippen molar-refractivity contribution in [3.05, 3.63) is 60.2 Å². The fourth-order valence-corrected chi connectivity index (χ4v) is 6.16. The van der Waals surface area contributed by atoms with Gasteiger partial charge >= 0.3 is 0 Å². The van der Waals surface area contributed by atoms with Crippen LogP contribution in [-0.2, 0) is 16.4 Å². The molecule has 0 aliphatic rings. The van der Waals surface area contributed by atoms with Gasteiger partial charge in [0.05, 0.1) is 4.90 Å². The van der Waals surface area contributed by atoms with Crippen molar-refractivity contribution >= 4 is 26.5 Å². The number of aromatic nitrogens is 2. The average Bonchev–Trinajstić information content (AvgIpc) is 3.29. The van der Waals surface area contributed by atoms with Crippen LogP contribution in [-0.4, -0.2) is 18.6 Å². The van der Waals surface area contributed by atoms with Crippen LogP contribution < -0.4 is 4.72 Å². The van der Waals surface area contributed by atoms with E-state index >= 15 is 0 Å². The number of rotatable bonds is 15. The van der Waals surface area contributed by atoms with E-state index in [0.717, 1.165) is 30.4 Å². The number of aryl methyl sites for hydroxylation is 1. The molecule has 1 heterocycles. The molecule has 1 aromatic heterocycles. The maximum atomic E-state index is 13.1. The molecule has 0 amide bonds. The fraction of sp³-hybridized carbons (Fsp3) is 0.462. The molecule has 0 aliphatic carbocycles. The van der Waals surface area contributed by atoms with Crippen molar-refractivity contribution in [2.24, 2.45) is 0 Å². The zero-order valence-corrected chi connectivity index (χ0v) is 21.1. The Bertz CT molecular complexity index is 1070. The minimum absolute atomic E-state index is 0.280. The third-order valence-electron chi connectivity index (χ3n) is 5.73. The van der Waals surface area contributed by atoms with Gasteiger partial charge in [0.15, 0.2) is 0 Å². The third kappa shape index (κ3) is 8.23. The Balaban J connectivity index is 1.50. The molecule has 5 nitrogen and oxygen atoms in total. The van der Waals surface area contributed by atoms with Gasteiger partial charge in [-0.05, 0) is 24.5 Å². The minimum Gasteiger partial charge on any atom is -0.253 e. The van der Waals surface area contributed by atoms with Crippen molar-refractivity contribution in [3.8, 4) is 10.6 Å². The van der Waals surface area contributed by atoms with Gasteiger partial charge in [-0.15, -0.1) is 10.2 Å². The molecular formula is C26H35N3O2S2. The van der Waals surface area contributed by atoms with Gasteiger partial charge in [0.2, 0.25) is 5.13 Å². The summed E-state index contributed by atoms with van der Waals surface area (Å²) in [7, 11) is -3.72. The molecule has 3 aromatic rings. The molecule has 0 spiro atoms. The number of anilines is 1. The van der Waals surface area contributed by atoms with E-state index in [0.29, 0.717) is 9.90 Å². The maximum absolute atomic E-state index is 13.1. The van der Waals surface area contributed by atoms with Gasteiger partial charge in [0.25, 0.3) is 10.0 Å². The molecule has 0 saturated carbocycles. The van der Waals surface area contributed by atoms with Crippen molar-refractivity contribution in [1.29, 1.82) is 0 Å². The molecule has 2 aromatic carbocycles. The van der Waals surface area contributed by atoms with E-state index in [1.54, 1.807) is 12.1 Å². The lowest BCUT2D eigenvalue weighted by Crippen LogP contribution is -2.15. The monoisotopic (exact) mass is 485 g/mol. The van der Waals surface area contributed by atoms with E-state index in [1.807, 2.05) is 42.5 Å². The molecule has 1 N–H and O–H groups in total. The number of nitrogens with one attached hydrogen (secondary N) is 1. The lowest BCUT2D eigenvalue weighted by Gasteiger charge is -2.10. The van der Waals surface area contributed by atoms with E-state index in [4.69, 9.17) is 0 Å². The van der Waals surface area contributed by atoms with E-state index < -0.39 is 10.0 Å². The number of hydrogen-bond donors (Lipinski definition) is 1. The Hall–Kier alpha value is -2.25. The Labute approximate surface area is 202 Å². The van der Waals surface area contributed by atoms with Gasteiger partial charge in [-0.25, -0.2) is 8.42 Å². The number of sulfonamides is 1. The van der Waals surface area contributed by atoms with Crippen molar-refractivity contribution in [2.45, 2.75) is 82.4 Å². The lowest BCUT2D eigenvalue weighted by atomic mass is 10.0. The first-order chi connectivity index (χ1) is 16.1. The predicted molar refractivity (Wildman–Crippen MR) is 138 cm³/mol. The Morgan fingerprint density at radius 2 is 1.36 bits per heavy atom. The van der Waals surface area contributed by atoms with Crippen molar-refractivity contribution < 1.29 is 8.42 Å². The fourth-order valence-electron chi connectivity index (χ4n) is 3.91. The van der Waals surface area contributed by atoms with Crippen LogP contribution in [0.5, 0.6) is 0 Å². The van der Waals surface area contributed by atoms with Crippen LogP contribution >= 0.6 is 11.3 Å². The van der Waals surface area contributed by atoms with Gasteiger partial charge in [-0.3, -0.25) is 4.72 Å². The zero-order valence-electron chi connectivity index (χ0n) is 19.5. The quantitative estimate of drug-likeness (QED) is 0.227. The first kappa shape index (κ1) is 25.4. The SMILES string of the molecule is CCCCCCCCCCCCc1ccccc1S(=O)(=O)Nc1nnc(-c2ccccc2)s1. The Kier molecular flexibility index (Phi) is 10.3. The van der Waals surface area contributed by atoms with Crippen LogP contribution in [0, 0.1) is 0 Å². The predicted octanol–water partition coefficient (Wildman–Crippen LogP) is 7.47. The summed E-state index contributed by atoms with van der Waals surface area (Å²) < 4.78 is 28.8. The second-order valence-corrected chi connectivity index (χ2v) is 11.1. The smallest absolute Gasteiger partial charge is 0.253 e. The van der Waals surface area contributed by atoms with Gasteiger partial charge in [0, 0.05) is 5.56 Å². The molecule has 0 unspecified atom stereocenters. The van der Waals surface area contributed by atoms with Crippen LogP contribution in [0.15, 0.2) is 59.5 Å². The second-order valence-electron chi connectivity index (χ2n) is 8.42. The van der Waals surface area contributed by atoms with Crippen LogP contribution in [0.2, 0.25) is 0 Å². The van der Waals surface area contributed by atoms with Gasteiger partial charge in [-0.2, -0.15) is 0 Å². The lowest BCUT2D eigenvalue weighted by molar-refractivity contribution is 0.555. The Morgan fingerprint density at radius 3 is 2.06 bits per heavy atom. The molecule has 3 rings (SSSR count). The Morgan fingerprint density at radius 1 is 0.758 bits per heavy atom. The highest BCUT2D eigenvalue weighted by atomic mass is 32.2. The highest BCUT2D eigenvalue weighted by Gasteiger charge is 2.20. The summed E-state index contributed by atoms with van der Waals surface area (Å²) in [6.45, 7) is 2.25. The average molecular weight is 486 g/mol. The highest BCUT2D eigenvalue weighted by Crippen LogP contribution is 2.28. The van der Waals surface area contributed by atoms with Gasteiger partial charge in [0.1, 0.15) is 5.01 Å². The minimum atomic E-state index is -3.72. The largest absolute Gasteiger partial charge is 0.263 e. The van der Waals surface area contributed by atoms with E-state index in [-0.39, 0.29) is 5.13 Å². The molecular weight excluding hydrogens is 450 g/mol. The summed E-state index contributed by atoms with van der Waals surface area (Å²) in [5.74, 6) is 0. The third-order valence-corrected chi connectivity index (χ3v) is 8.19. The molecule has 0 saturated heterocycles. The van der Waals surface area contributed by atoms with Crippen LogP contribution in [0.1, 0.15) is 76.7 Å². The summed E-state index contributed by atoms with van der Waals surface area (Å²) in [4.78, 5) is 0.331. The summed E-state index contributed by atoms with van der Waals surface area (Å²) in [5, 5.41) is 9.14. The van der Waals surface area contributed by atoms with Crippen LogP contribution in [0.3, 0.4) is 0 Å². The number of nitrogens with zero attached hydrogens (tertiary/aromatic N) is 2. The number of unbranched alkanes of at least 4 members (excludes halogenated alkanes) is 9. The molecule has 33 heavy (non-hydrogen) atoms. The van der Waals surface area contributed by atoms with Crippen molar-refractivity contribution in [2.75, 3.05) is 4.72 Å². The van der Waals surface area contributed by atoms with Crippen molar-refractivity contribution in [1.82, 2.24) is 10.2 Å². The first-order valence-corrected chi connectivity index (χ1v) is 14.4. The van der Waals surface area contributed by atoms with Gasteiger partial charge in [-0.1, -0.05) is 125 Å². The van der Waals surface area contributed by atoms with E-state index in [9.17, 15) is 8.42 Å². The molecule has 0 bridgehead atoms. The second kappa shape index (κ2) is 13.5.